The molecule has 8 heteroatoms. The maximum atomic E-state index is 11.8. The normalized spacial score (nSPS) is 11.0. The van der Waals surface area contributed by atoms with Gasteiger partial charge in [-0.05, 0) is 30.7 Å². The van der Waals surface area contributed by atoms with Gasteiger partial charge < -0.3 is 5.73 Å². The number of amides is 1. The lowest BCUT2D eigenvalue weighted by atomic mass is 10.2. The van der Waals surface area contributed by atoms with Gasteiger partial charge in [-0.2, -0.15) is 5.10 Å². The first-order valence-electron chi connectivity index (χ1n) is 6.37. The molecule has 0 aromatic carbocycles. The molecule has 3 aromatic rings. The number of nitrogens with zero attached hydrogens (tertiary/aromatic N) is 4. The van der Waals surface area contributed by atoms with Crippen molar-refractivity contribution in [2.45, 2.75) is 10.1 Å². The van der Waals surface area contributed by atoms with Crippen LogP contribution in [0.1, 0.15) is 10.4 Å². The lowest BCUT2D eigenvalue weighted by Gasteiger charge is -2.06. The first-order chi connectivity index (χ1) is 10.7. The fourth-order valence-electron chi connectivity index (χ4n) is 2.16. The predicted octanol–water partition coefficient (Wildman–Crippen LogP) is 2.33. The van der Waals surface area contributed by atoms with Crippen LogP contribution in [0.5, 0.6) is 0 Å². The summed E-state index contributed by atoms with van der Waals surface area (Å²) >= 11 is 2.87. The van der Waals surface area contributed by atoms with Gasteiger partial charge in [0.15, 0.2) is 5.65 Å². The van der Waals surface area contributed by atoms with Crippen molar-refractivity contribution in [2.75, 3.05) is 12.5 Å². The minimum Gasteiger partial charge on any atom is -0.365 e. The van der Waals surface area contributed by atoms with Crippen molar-refractivity contribution in [2.24, 2.45) is 5.73 Å². The summed E-state index contributed by atoms with van der Waals surface area (Å²) in [5, 5.41) is 5.85. The van der Waals surface area contributed by atoms with Gasteiger partial charge in [0.2, 0.25) is 0 Å². The molecule has 0 atom stereocenters. The Hall–Kier alpha value is -2.06. The zero-order valence-electron chi connectivity index (χ0n) is 12.0. The van der Waals surface area contributed by atoms with Crippen molar-refractivity contribution in [1.82, 2.24) is 19.6 Å². The monoisotopic (exact) mass is 331 g/mol. The smallest absolute Gasteiger partial charge is 0.255 e. The molecule has 3 rings (SSSR count). The van der Waals surface area contributed by atoms with E-state index in [4.69, 9.17) is 5.73 Å². The third-order valence-electron chi connectivity index (χ3n) is 3.14. The van der Waals surface area contributed by atoms with Gasteiger partial charge in [-0.1, -0.05) is 0 Å². The lowest BCUT2D eigenvalue weighted by Crippen LogP contribution is -2.12. The van der Waals surface area contributed by atoms with Crippen LogP contribution in [-0.4, -0.2) is 38.0 Å². The molecular formula is C14H13N5OS2. The molecule has 0 unspecified atom stereocenters. The van der Waals surface area contributed by atoms with Crippen LogP contribution in [0.4, 0.5) is 0 Å². The minimum absolute atomic E-state index is 0.355. The zero-order valence-corrected chi connectivity index (χ0v) is 13.6. The van der Waals surface area contributed by atoms with Gasteiger partial charge in [0, 0.05) is 18.0 Å². The van der Waals surface area contributed by atoms with Gasteiger partial charge in [-0.15, -0.1) is 23.5 Å². The summed E-state index contributed by atoms with van der Waals surface area (Å²) in [6, 6.07) is 5.72. The van der Waals surface area contributed by atoms with Crippen LogP contribution in [0.3, 0.4) is 0 Å². The molecule has 0 saturated carbocycles. The van der Waals surface area contributed by atoms with Crippen LogP contribution >= 0.6 is 23.5 Å². The number of carbonyl (C=O) groups excluding carboxylic acids is 1. The van der Waals surface area contributed by atoms with E-state index in [2.05, 4.69) is 15.1 Å². The molecule has 2 N–H and O–H groups in total. The number of rotatable bonds is 4. The fraction of sp³-hybridized carbons (Fsp3) is 0.143. The van der Waals surface area contributed by atoms with Crippen molar-refractivity contribution in [3.63, 3.8) is 0 Å². The van der Waals surface area contributed by atoms with Gasteiger partial charge in [0.25, 0.3) is 5.91 Å². The number of hydrogen-bond acceptors (Lipinski definition) is 6. The summed E-state index contributed by atoms with van der Waals surface area (Å²) in [6.07, 6.45) is 7.25. The minimum atomic E-state index is -0.526. The number of pyridine rings is 1. The molecule has 3 heterocycles. The van der Waals surface area contributed by atoms with Gasteiger partial charge in [-0.25, -0.2) is 9.50 Å². The Morgan fingerprint density at radius 1 is 1.32 bits per heavy atom. The Bertz CT molecular complexity index is 847. The highest BCUT2D eigenvalue weighted by Crippen LogP contribution is 2.29. The van der Waals surface area contributed by atoms with E-state index in [9.17, 15) is 4.79 Å². The molecule has 112 valence electrons. The summed E-state index contributed by atoms with van der Waals surface area (Å²) in [4.78, 5) is 20.4. The molecule has 0 spiro atoms. The molecule has 0 aliphatic carbocycles. The molecule has 1 amide bonds. The molecule has 0 saturated heterocycles. The predicted molar refractivity (Wildman–Crippen MR) is 88.3 cm³/mol. The topological polar surface area (TPSA) is 86.2 Å². The number of hydrogen-bond donors (Lipinski definition) is 1. The Balaban J connectivity index is 2.40. The highest BCUT2D eigenvalue weighted by Gasteiger charge is 2.21. The SMILES string of the molecule is CSc1cc(-c2cccnc2)n2nc(SC)c(C(N)=O)c2n1. The van der Waals surface area contributed by atoms with Crippen LogP contribution in [0.2, 0.25) is 0 Å². The second-order valence-corrected chi connectivity index (χ2v) is 6.03. The molecular weight excluding hydrogens is 318 g/mol. The standard InChI is InChI=1S/C14H13N5OS2/c1-21-10-6-9(8-4-3-5-16-7-8)19-13(17-10)11(12(15)20)14(18-19)22-2/h3-7H,1-2H3,(H2,15,20). The van der Waals surface area contributed by atoms with Crippen molar-refractivity contribution < 1.29 is 4.79 Å². The first kappa shape index (κ1) is 14.9. The van der Waals surface area contributed by atoms with E-state index in [0.29, 0.717) is 16.2 Å². The molecule has 0 radical (unpaired) electrons. The van der Waals surface area contributed by atoms with E-state index in [0.717, 1.165) is 16.3 Å². The fourth-order valence-corrected chi connectivity index (χ4v) is 3.13. The van der Waals surface area contributed by atoms with E-state index in [1.54, 1.807) is 16.9 Å². The molecule has 3 aromatic heterocycles. The van der Waals surface area contributed by atoms with Gasteiger partial charge in [0.05, 0.1) is 5.69 Å². The van der Waals surface area contributed by atoms with Gasteiger partial charge in [0.1, 0.15) is 15.6 Å². The first-order valence-corrected chi connectivity index (χ1v) is 8.82. The van der Waals surface area contributed by atoms with Crippen molar-refractivity contribution in [3.05, 3.63) is 36.2 Å². The summed E-state index contributed by atoms with van der Waals surface area (Å²) in [5.41, 5.74) is 8.07. The van der Waals surface area contributed by atoms with Crippen molar-refractivity contribution >= 4 is 35.1 Å². The summed E-state index contributed by atoms with van der Waals surface area (Å²) < 4.78 is 1.66. The molecule has 6 nitrogen and oxygen atoms in total. The number of aromatic nitrogens is 4. The third kappa shape index (κ3) is 2.44. The van der Waals surface area contributed by atoms with E-state index < -0.39 is 5.91 Å². The summed E-state index contributed by atoms with van der Waals surface area (Å²) in [7, 11) is 0. The lowest BCUT2D eigenvalue weighted by molar-refractivity contribution is 0.0999. The van der Waals surface area contributed by atoms with Crippen molar-refractivity contribution in [3.8, 4) is 11.3 Å². The van der Waals surface area contributed by atoms with Crippen LogP contribution in [0.25, 0.3) is 16.9 Å². The number of fused-ring (bicyclic) bond motifs is 1. The third-order valence-corrected chi connectivity index (χ3v) is 4.44. The van der Waals surface area contributed by atoms with Crippen LogP contribution in [0, 0.1) is 0 Å². The second-order valence-electron chi connectivity index (χ2n) is 4.41. The van der Waals surface area contributed by atoms with Crippen LogP contribution in [-0.2, 0) is 0 Å². The molecule has 0 aliphatic rings. The maximum absolute atomic E-state index is 11.8. The Labute approximate surface area is 135 Å². The molecule has 22 heavy (non-hydrogen) atoms. The number of thioether (sulfide) groups is 2. The van der Waals surface area contributed by atoms with E-state index >= 15 is 0 Å². The second kappa shape index (κ2) is 5.98. The quantitative estimate of drug-likeness (QED) is 0.583. The molecule has 0 fully saturated rings. The zero-order chi connectivity index (χ0) is 15.7. The number of nitrogens with two attached hydrogens (primary N) is 1. The average Bonchev–Trinajstić information content (AvgIpc) is 2.93. The number of carbonyl (C=O) groups is 1. The summed E-state index contributed by atoms with van der Waals surface area (Å²) in [6.45, 7) is 0. The molecule has 0 aliphatic heterocycles. The van der Waals surface area contributed by atoms with E-state index in [1.165, 1.54) is 23.5 Å². The summed E-state index contributed by atoms with van der Waals surface area (Å²) in [5.74, 6) is -0.526. The van der Waals surface area contributed by atoms with E-state index in [1.807, 2.05) is 30.7 Å². The Kier molecular flexibility index (Phi) is 4.04. The van der Waals surface area contributed by atoms with Crippen molar-refractivity contribution in [1.29, 1.82) is 0 Å². The maximum Gasteiger partial charge on any atom is 0.255 e. The highest BCUT2D eigenvalue weighted by atomic mass is 32.2. The van der Waals surface area contributed by atoms with Crippen LogP contribution < -0.4 is 5.73 Å². The van der Waals surface area contributed by atoms with Gasteiger partial charge in [-0.3, -0.25) is 9.78 Å². The number of primary amides is 1. The van der Waals surface area contributed by atoms with Crippen LogP contribution in [0.15, 0.2) is 40.6 Å². The van der Waals surface area contributed by atoms with E-state index in [-0.39, 0.29) is 0 Å². The largest absolute Gasteiger partial charge is 0.365 e. The Morgan fingerprint density at radius 3 is 2.73 bits per heavy atom. The highest BCUT2D eigenvalue weighted by molar-refractivity contribution is 7.98. The average molecular weight is 331 g/mol. The van der Waals surface area contributed by atoms with Gasteiger partial charge >= 0.3 is 0 Å². The Morgan fingerprint density at radius 2 is 2.14 bits per heavy atom. The molecule has 0 bridgehead atoms.